The van der Waals surface area contributed by atoms with Crippen LogP contribution in [0.2, 0.25) is 0 Å². The Morgan fingerprint density at radius 1 is 1.03 bits per heavy atom. The third kappa shape index (κ3) is 3.59. The molecule has 0 amide bonds. The van der Waals surface area contributed by atoms with Crippen LogP contribution < -0.4 is 0 Å². The number of carbonyl (C=O) groups is 3. The van der Waals surface area contributed by atoms with Crippen LogP contribution in [0.3, 0.4) is 0 Å². The van der Waals surface area contributed by atoms with Crippen molar-refractivity contribution in [2.75, 3.05) is 0 Å². The summed E-state index contributed by atoms with van der Waals surface area (Å²) in [7, 11) is 0. The van der Waals surface area contributed by atoms with Crippen molar-refractivity contribution in [3.63, 3.8) is 0 Å². The summed E-state index contributed by atoms with van der Waals surface area (Å²) >= 11 is 0. The van der Waals surface area contributed by atoms with E-state index in [1.807, 2.05) is 6.08 Å². The first kappa shape index (κ1) is 22.2. The highest BCUT2D eigenvalue weighted by molar-refractivity contribution is 5.91. The van der Waals surface area contributed by atoms with E-state index in [4.69, 9.17) is 9.90 Å². The van der Waals surface area contributed by atoms with Gasteiger partial charge in [-0.05, 0) is 73.7 Å². The summed E-state index contributed by atoms with van der Waals surface area (Å²) in [4.78, 5) is 33.1. The van der Waals surface area contributed by atoms with Crippen molar-refractivity contribution >= 4 is 17.5 Å². The lowest BCUT2D eigenvalue weighted by Gasteiger charge is -2.57. The maximum absolute atomic E-state index is 12.2. The maximum atomic E-state index is 12.2. The van der Waals surface area contributed by atoms with Gasteiger partial charge in [-0.2, -0.15) is 0 Å². The summed E-state index contributed by atoms with van der Waals surface area (Å²) in [5.41, 5.74) is 1.06. The van der Waals surface area contributed by atoms with Gasteiger partial charge in [-0.25, -0.2) is 0 Å². The first-order valence-electron chi connectivity index (χ1n) is 10.7. The number of hydrogen-bond acceptors (Lipinski definition) is 5. The monoisotopic (exact) mass is 406 g/mol. The zero-order chi connectivity index (χ0) is 21.8. The molecule has 6 atom stereocenters. The van der Waals surface area contributed by atoms with Gasteiger partial charge in [0.15, 0.2) is 11.6 Å². The van der Waals surface area contributed by atoms with Gasteiger partial charge in [-0.15, -0.1) is 0 Å². The molecule has 3 fully saturated rings. The molecule has 4 aliphatic rings. The second-order valence-electron chi connectivity index (χ2n) is 10.2. The molecular weight excluding hydrogens is 372 g/mol. The number of carbonyl (C=O) groups excluding carboxylic acids is 2. The Balaban J connectivity index is 0.000000552. The first-order chi connectivity index (χ1) is 13.3. The fourth-order valence-corrected chi connectivity index (χ4v) is 7.41. The van der Waals surface area contributed by atoms with Crippen molar-refractivity contribution in [2.45, 2.75) is 78.4 Å². The van der Waals surface area contributed by atoms with E-state index in [9.17, 15) is 19.8 Å². The quantitative estimate of drug-likeness (QED) is 0.577. The minimum absolute atomic E-state index is 0.0695. The summed E-state index contributed by atoms with van der Waals surface area (Å²) in [6.07, 6.45) is 7.56. The molecule has 162 valence electrons. The summed E-state index contributed by atoms with van der Waals surface area (Å²) in [6, 6.07) is 0. The molecule has 0 heterocycles. The Bertz CT molecular complexity index is 748. The van der Waals surface area contributed by atoms with Crippen molar-refractivity contribution < 1.29 is 29.7 Å². The van der Waals surface area contributed by atoms with Gasteiger partial charge in [0.25, 0.3) is 5.97 Å². The number of aliphatic carboxylic acids is 1. The Hall–Kier alpha value is -1.53. The molecule has 6 nitrogen and oxygen atoms in total. The standard InChI is InChI=1S/C21H30O4.C2H4O2/c1-12(22)18-20(3)9-7-16-15(17(20)11-21(18,24)25)5-4-13-10-14(23)6-8-19(13,16)2;1-2(3)4/h10,15-18,24-25H,4-9,11H2,1-3H3;1H3,(H,3,4)/t15-,16+,17+,18-,19+,20+;/m1./s1. The van der Waals surface area contributed by atoms with E-state index in [-0.39, 0.29) is 28.3 Å². The van der Waals surface area contributed by atoms with Crippen molar-refractivity contribution in [1.82, 2.24) is 0 Å². The molecule has 0 saturated heterocycles. The fraction of sp³-hybridized carbons (Fsp3) is 0.783. The van der Waals surface area contributed by atoms with Crippen LogP contribution in [0.5, 0.6) is 0 Å². The van der Waals surface area contributed by atoms with E-state index in [0.717, 1.165) is 39.0 Å². The predicted molar refractivity (Wildman–Crippen MR) is 107 cm³/mol. The second kappa shape index (κ2) is 7.31. The van der Waals surface area contributed by atoms with Crippen LogP contribution in [-0.4, -0.2) is 38.6 Å². The SMILES string of the molecule is CC(=O)O.CC(=O)[C@H]1C(O)(O)C[C@H]2[C@@H]3CCC4=CC(=O)CC[C@]4(C)[C@H]3CC[C@@]21C. The van der Waals surface area contributed by atoms with Gasteiger partial charge >= 0.3 is 0 Å². The van der Waals surface area contributed by atoms with Crippen molar-refractivity contribution in [2.24, 2.45) is 34.5 Å². The molecule has 3 N–H and O–H groups in total. The van der Waals surface area contributed by atoms with Crippen molar-refractivity contribution in [1.29, 1.82) is 0 Å². The van der Waals surface area contributed by atoms with E-state index in [2.05, 4.69) is 13.8 Å². The van der Waals surface area contributed by atoms with Gasteiger partial charge < -0.3 is 15.3 Å². The number of hydrogen-bond donors (Lipinski definition) is 3. The predicted octanol–water partition coefficient (Wildman–Crippen LogP) is 3.11. The van der Waals surface area contributed by atoms with Gasteiger partial charge in [0, 0.05) is 19.8 Å². The number of carboxylic acids is 1. The van der Waals surface area contributed by atoms with E-state index >= 15 is 0 Å². The molecule has 0 aromatic heterocycles. The van der Waals surface area contributed by atoms with Gasteiger partial charge in [-0.3, -0.25) is 14.4 Å². The summed E-state index contributed by atoms with van der Waals surface area (Å²) in [5, 5.41) is 28.7. The molecule has 4 aliphatic carbocycles. The van der Waals surface area contributed by atoms with Gasteiger partial charge in [0.05, 0.1) is 5.92 Å². The first-order valence-corrected chi connectivity index (χ1v) is 10.7. The molecule has 4 rings (SSSR count). The van der Waals surface area contributed by atoms with Crippen LogP contribution in [0.15, 0.2) is 11.6 Å². The lowest BCUT2D eigenvalue weighted by atomic mass is 9.46. The molecule has 0 aromatic carbocycles. The number of allylic oxidation sites excluding steroid dienone is 1. The van der Waals surface area contributed by atoms with Crippen molar-refractivity contribution in [3.8, 4) is 0 Å². The molecule has 0 spiro atoms. The minimum atomic E-state index is -1.88. The van der Waals surface area contributed by atoms with E-state index < -0.39 is 17.7 Å². The molecule has 0 radical (unpaired) electrons. The van der Waals surface area contributed by atoms with Crippen molar-refractivity contribution in [3.05, 3.63) is 11.6 Å². The van der Waals surface area contributed by atoms with Gasteiger partial charge in [-0.1, -0.05) is 19.4 Å². The van der Waals surface area contributed by atoms with Crippen LogP contribution in [0, 0.1) is 34.5 Å². The maximum Gasteiger partial charge on any atom is 0.300 e. The number of ketones is 2. The molecule has 0 unspecified atom stereocenters. The number of rotatable bonds is 1. The van der Waals surface area contributed by atoms with Crippen LogP contribution in [0.1, 0.15) is 72.6 Å². The minimum Gasteiger partial charge on any atom is -0.481 e. The number of Topliss-reactive ketones (excluding diaryl/α,β-unsaturated/α-hetero) is 1. The second-order valence-corrected chi connectivity index (χ2v) is 10.2. The number of fused-ring (bicyclic) bond motifs is 5. The van der Waals surface area contributed by atoms with Crippen LogP contribution >= 0.6 is 0 Å². The topological polar surface area (TPSA) is 112 Å². The molecular formula is C23H34O6. The highest BCUT2D eigenvalue weighted by Crippen LogP contribution is 2.68. The number of carboxylic acid groups (broad SMARTS) is 1. The van der Waals surface area contributed by atoms with Crippen LogP contribution in [0.4, 0.5) is 0 Å². The summed E-state index contributed by atoms with van der Waals surface area (Å²) in [6.45, 7) is 7.00. The smallest absolute Gasteiger partial charge is 0.300 e. The van der Waals surface area contributed by atoms with Gasteiger partial charge in [0.2, 0.25) is 0 Å². The van der Waals surface area contributed by atoms with E-state index in [0.29, 0.717) is 24.7 Å². The lowest BCUT2D eigenvalue weighted by molar-refractivity contribution is -0.197. The zero-order valence-electron chi connectivity index (χ0n) is 17.9. The molecule has 29 heavy (non-hydrogen) atoms. The normalized spacial score (nSPS) is 42.4. The average Bonchev–Trinajstić information content (AvgIpc) is 2.80. The Morgan fingerprint density at radius 3 is 2.24 bits per heavy atom. The highest BCUT2D eigenvalue weighted by Gasteiger charge is 2.66. The molecule has 0 aliphatic heterocycles. The average molecular weight is 407 g/mol. The Morgan fingerprint density at radius 2 is 1.66 bits per heavy atom. The molecule has 0 bridgehead atoms. The van der Waals surface area contributed by atoms with E-state index in [1.165, 1.54) is 12.5 Å². The van der Waals surface area contributed by atoms with E-state index in [1.54, 1.807) is 0 Å². The lowest BCUT2D eigenvalue weighted by Crippen LogP contribution is -2.51. The Labute approximate surface area is 172 Å². The van der Waals surface area contributed by atoms with Crippen LogP contribution in [-0.2, 0) is 14.4 Å². The van der Waals surface area contributed by atoms with Gasteiger partial charge in [0.1, 0.15) is 5.78 Å². The van der Waals surface area contributed by atoms with Crippen LogP contribution in [0.25, 0.3) is 0 Å². The Kier molecular flexibility index (Phi) is 5.59. The third-order valence-electron chi connectivity index (χ3n) is 8.45. The molecule has 6 heteroatoms. The number of aliphatic hydroxyl groups is 2. The zero-order valence-corrected chi connectivity index (χ0v) is 17.9. The molecule has 3 saturated carbocycles. The summed E-state index contributed by atoms with van der Waals surface area (Å²) < 4.78 is 0. The largest absolute Gasteiger partial charge is 0.481 e. The third-order valence-corrected chi connectivity index (χ3v) is 8.45. The molecule has 0 aromatic rings. The summed E-state index contributed by atoms with van der Waals surface area (Å²) in [5.74, 6) is -2.15. The fourth-order valence-electron chi connectivity index (χ4n) is 7.41. The highest BCUT2D eigenvalue weighted by atomic mass is 16.5.